The molecule has 2 N–H and O–H groups in total. The molecule has 8 nitrogen and oxygen atoms in total. The van der Waals surface area contributed by atoms with Gasteiger partial charge >= 0.3 is 6.03 Å². The number of urea groups is 1. The Kier molecular flexibility index (Phi) is 8.13. The number of aryl methyl sites for hydroxylation is 1. The minimum absolute atomic E-state index is 0.0644. The molecule has 3 heterocycles. The first-order chi connectivity index (χ1) is 20.8. The number of benzene rings is 3. The Morgan fingerprint density at radius 2 is 1.67 bits per heavy atom. The lowest BCUT2D eigenvalue weighted by atomic mass is 9.91. The standard InChI is InChI=1S/C35H42N6O2/c1-24-9-5-8-12-31(24)39-17-19-40(20-18-39)35(43)37-33(25(2)29-22-36-30-11-7-6-10-28(29)30)34(42)41-16-15-27-14-13-26(21-32(27)41)23-38(3)4/h5-14,21-22,25,33,36H,15-20,23H2,1-4H3,(H,37,43)/t25-,33+/m0/s1. The second-order valence-corrected chi connectivity index (χ2v) is 12.2. The van der Waals surface area contributed by atoms with Crippen molar-refractivity contribution < 1.29 is 9.59 Å². The molecule has 43 heavy (non-hydrogen) atoms. The molecule has 6 rings (SSSR count). The summed E-state index contributed by atoms with van der Waals surface area (Å²) in [6, 6.07) is 22.0. The molecule has 0 radical (unpaired) electrons. The van der Waals surface area contributed by atoms with E-state index in [9.17, 15) is 9.59 Å². The molecular formula is C35H42N6O2. The first kappa shape index (κ1) is 28.8. The fraction of sp³-hybridized carbons (Fsp3) is 0.371. The Morgan fingerprint density at radius 3 is 2.44 bits per heavy atom. The molecule has 3 aromatic carbocycles. The monoisotopic (exact) mass is 578 g/mol. The number of nitrogens with one attached hydrogen (secondary N) is 2. The Labute approximate surface area is 254 Å². The van der Waals surface area contributed by atoms with E-state index in [0.717, 1.165) is 48.2 Å². The molecular weight excluding hydrogens is 536 g/mol. The zero-order valence-corrected chi connectivity index (χ0v) is 25.6. The summed E-state index contributed by atoms with van der Waals surface area (Å²) in [5.41, 5.74) is 7.80. The van der Waals surface area contributed by atoms with Crippen LogP contribution in [-0.2, 0) is 17.8 Å². The van der Waals surface area contributed by atoms with Crippen LogP contribution >= 0.6 is 0 Å². The van der Waals surface area contributed by atoms with Gasteiger partial charge in [0.15, 0.2) is 0 Å². The van der Waals surface area contributed by atoms with Crippen LogP contribution in [0.3, 0.4) is 0 Å². The van der Waals surface area contributed by atoms with Gasteiger partial charge < -0.3 is 29.9 Å². The van der Waals surface area contributed by atoms with Crippen molar-refractivity contribution in [2.45, 2.75) is 38.8 Å². The summed E-state index contributed by atoms with van der Waals surface area (Å²) in [6.07, 6.45) is 2.79. The normalized spacial score (nSPS) is 16.4. The molecule has 224 valence electrons. The Hall–Kier alpha value is -4.30. The third-order valence-corrected chi connectivity index (χ3v) is 8.99. The number of fused-ring (bicyclic) bond motifs is 2. The van der Waals surface area contributed by atoms with Crippen LogP contribution in [0.15, 0.2) is 72.9 Å². The van der Waals surface area contributed by atoms with Crippen LogP contribution in [0.4, 0.5) is 16.2 Å². The largest absolute Gasteiger partial charge is 0.368 e. The topological polar surface area (TPSA) is 74.9 Å². The molecule has 4 aromatic rings. The maximum absolute atomic E-state index is 14.5. The molecule has 1 saturated heterocycles. The number of amides is 3. The van der Waals surface area contributed by atoms with E-state index < -0.39 is 6.04 Å². The quantitative estimate of drug-likeness (QED) is 0.319. The molecule has 0 saturated carbocycles. The number of rotatable bonds is 7. The van der Waals surface area contributed by atoms with Crippen molar-refractivity contribution in [3.63, 3.8) is 0 Å². The van der Waals surface area contributed by atoms with Crippen LogP contribution in [0.25, 0.3) is 10.9 Å². The minimum Gasteiger partial charge on any atom is -0.368 e. The number of aromatic nitrogens is 1. The third kappa shape index (κ3) is 5.84. The van der Waals surface area contributed by atoms with Crippen molar-refractivity contribution in [1.82, 2.24) is 20.1 Å². The first-order valence-electron chi connectivity index (χ1n) is 15.3. The van der Waals surface area contributed by atoms with E-state index in [1.165, 1.54) is 22.4 Å². The smallest absolute Gasteiger partial charge is 0.318 e. The maximum atomic E-state index is 14.5. The lowest BCUT2D eigenvalue weighted by Gasteiger charge is -2.38. The highest BCUT2D eigenvalue weighted by atomic mass is 16.2. The molecule has 1 aromatic heterocycles. The van der Waals surface area contributed by atoms with Gasteiger partial charge in [0.25, 0.3) is 0 Å². The van der Waals surface area contributed by atoms with Gasteiger partial charge in [0.2, 0.25) is 5.91 Å². The van der Waals surface area contributed by atoms with E-state index in [1.807, 2.05) is 55.2 Å². The number of nitrogens with zero attached hydrogens (tertiary/aromatic N) is 4. The fourth-order valence-corrected chi connectivity index (χ4v) is 6.63. The molecule has 0 unspecified atom stereocenters. The van der Waals surface area contributed by atoms with Gasteiger partial charge in [-0.05, 0) is 67.9 Å². The fourth-order valence-electron chi connectivity index (χ4n) is 6.63. The van der Waals surface area contributed by atoms with E-state index in [4.69, 9.17) is 0 Å². The molecule has 0 aliphatic carbocycles. The summed E-state index contributed by atoms with van der Waals surface area (Å²) in [6.45, 7) is 8.29. The average Bonchev–Trinajstić information content (AvgIpc) is 3.63. The predicted octanol–water partition coefficient (Wildman–Crippen LogP) is 5.13. The summed E-state index contributed by atoms with van der Waals surface area (Å²) in [5.74, 6) is -0.305. The maximum Gasteiger partial charge on any atom is 0.318 e. The van der Waals surface area contributed by atoms with Crippen LogP contribution < -0.4 is 15.1 Å². The summed E-state index contributed by atoms with van der Waals surface area (Å²) < 4.78 is 0. The number of piperazine rings is 1. The van der Waals surface area contributed by atoms with Gasteiger partial charge in [-0.3, -0.25) is 4.79 Å². The van der Waals surface area contributed by atoms with Gasteiger partial charge in [0, 0.05) is 73.7 Å². The highest BCUT2D eigenvalue weighted by molar-refractivity contribution is 6.02. The van der Waals surface area contributed by atoms with Crippen molar-refractivity contribution in [3.05, 3.63) is 95.2 Å². The van der Waals surface area contributed by atoms with Gasteiger partial charge in [-0.2, -0.15) is 0 Å². The van der Waals surface area contributed by atoms with E-state index >= 15 is 0 Å². The summed E-state index contributed by atoms with van der Waals surface area (Å²) in [5, 5.41) is 4.29. The van der Waals surface area contributed by atoms with Crippen molar-refractivity contribution in [2.75, 3.05) is 56.6 Å². The highest BCUT2D eigenvalue weighted by Crippen LogP contribution is 2.34. The summed E-state index contributed by atoms with van der Waals surface area (Å²) in [7, 11) is 4.09. The number of carbonyl (C=O) groups is 2. The van der Waals surface area contributed by atoms with Crippen LogP contribution in [0.1, 0.15) is 35.1 Å². The van der Waals surface area contributed by atoms with Gasteiger partial charge in [-0.25, -0.2) is 4.79 Å². The van der Waals surface area contributed by atoms with E-state index in [0.29, 0.717) is 19.6 Å². The van der Waals surface area contributed by atoms with E-state index in [-0.39, 0.29) is 17.9 Å². The van der Waals surface area contributed by atoms with Crippen molar-refractivity contribution in [1.29, 1.82) is 0 Å². The van der Waals surface area contributed by atoms with Crippen molar-refractivity contribution in [2.24, 2.45) is 0 Å². The molecule has 2 aliphatic rings. The number of hydrogen-bond donors (Lipinski definition) is 2. The number of carbonyl (C=O) groups excluding carboxylic acids is 2. The predicted molar refractivity (Wildman–Crippen MR) is 174 cm³/mol. The summed E-state index contributed by atoms with van der Waals surface area (Å²) >= 11 is 0. The molecule has 2 atom stereocenters. The van der Waals surface area contributed by atoms with E-state index in [2.05, 4.69) is 75.6 Å². The zero-order chi connectivity index (χ0) is 30.1. The molecule has 0 bridgehead atoms. The average molecular weight is 579 g/mol. The van der Waals surface area contributed by atoms with E-state index in [1.54, 1.807) is 0 Å². The summed E-state index contributed by atoms with van der Waals surface area (Å²) in [4.78, 5) is 39.8. The number of para-hydroxylation sites is 2. The van der Waals surface area contributed by atoms with Gasteiger partial charge in [-0.1, -0.05) is 55.5 Å². The molecule has 8 heteroatoms. The number of anilines is 2. The van der Waals surface area contributed by atoms with Crippen LogP contribution in [0.5, 0.6) is 0 Å². The molecule has 2 aliphatic heterocycles. The SMILES string of the molecule is Cc1ccccc1N1CCN(C(=O)N[C@@H](C(=O)N2CCc3ccc(CN(C)C)cc32)[C@@H](C)c2c[nH]c3ccccc23)CC1. The number of H-pyrrole nitrogens is 1. The number of aromatic amines is 1. The third-order valence-electron chi connectivity index (χ3n) is 8.99. The Bertz CT molecular complexity index is 1620. The molecule has 0 spiro atoms. The first-order valence-corrected chi connectivity index (χ1v) is 15.3. The van der Waals surface area contributed by atoms with Gasteiger partial charge in [0.05, 0.1) is 0 Å². The van der Waals surface area contributed by atoms with Crippen LogP contribution in [0.2, 0.25) is 0 Å². The van der Waals surface area contributed by atoms with Gasteiger partial charge in [-0.15, -0.1) is 0 Å². The lowest BCUT2D eigenvalue weighted by Crippen LogP contribution is -2.57. The highest BCUT2D eigenvalue weighted by Gasteiger charge is 2.37. The van der Waals surface area contributed by atoms with Crippen molar-refractivity contribution in [3.8, 4) is 0 Å². The Balaban J connectivity index is 1.25. The van der Waals surface area contributed by atoms with Crippen LogP contribution in [-0.4, -0.2) is 79.6 Å². The Morgan fingerprint density at radius 1 is 0.930 bits per heavy atom. The molecule has 3 amide bonds. The zero-order valence-electron chi connectivity index (χ0n) is 25.6. The second-order valence-electron chi connectivity index (χ2n) is 12.2. The second kappa shape index (κ2) is 12.1. The molecule has 1 fully saturated rings. The number of hydrogen-bond acceptors (Lipinski definition) is 4. The lowest BCUT2D eigenvalue weighted by molar-refractivity contribution is -0.120. The van der Waals surface area contributed by atoms with Gasteiger partial charge in [0.1, 0.15) is 6.04 Å². The van der Waals surface area contributed by atoms with Crippen molar-refractivity contribution >= 4 is 34.2 Å². The van der Waals surface area contributed by atoms with Crippen LogP contribution in [0, 0.1) is 6.92 Å². The minimum atomic E-state index is -0.718.